The first kappa shape index (κ1) is 14.4. The average Bonchev–Trinajstić information content (AvgIpc) is 2.39. The standard InChI is InChI=1S/C12H13N5O2/c1-15-12-3-2-11(17(18)19)8-10(12)9-16(6-4-13)7-5-14/h2-3,8,15H,6-7,9H2,1H3. The number of hydrogen-bond acceptors (Lipinski definition) is 6. The molecule has 1 N–H and O–H groups in total. The lowest BCUT2D eigenvalue weighted by atomic mass is 10.1. The second-order valence-electron chi connectivity index (χ2n) is 3.81. The van der Waals surface area contributed by atoms with Gasteiger partial charge in [0.25, 0.3) is 5.69 Å². The van der Waals surface area contributed by atoms with E-state index < -0.39 is 4.92 Å². The van der Waals surface area contributed by atoms with E-state index in [4.69, 9.17) is 10.5 Å². The van der Waals surface area contributed by atoms with Gasteiger partial charge in [0.15, 0.2) is 0 Å². The molecule has 0 unspecified atom stereocenters. The van der Waals surface area contributed by atoms with Gasteiger partial charge in [-0.2, -0.15) is 10.5 Å². The highest BCUT2D eigenvalue weighted by atomic mass is 16.6. The molecule has 0 saturated carbocycles. The minimum Gasteiger partial charge on any atom is -0.388 e. The molecule has 0 heterocycles. The Hall–Kier alpha value is -2.64. The monoisotopic (exact) mass is 259 g/mol. The van der Waals surface area contributed by atoms with Crippen LogP contribution < -0.4 is 5.32 Å². The van der Waals surface area contributed by atoms with Gasteiger partial charge in [-0.25, -0.2) is 0 Å². The van der Waals surface area contributed by atoms with E-state index in [0.29, 0.717) is 12.1 Å². The van der Waals surface area contributed by atoms with Gasteiger partial charge in [0, 0.05) is 31.4 Å². The van der Waals surface area contributed by atoms with Gasteiger partial charge in [0.2, 0.25) is 0 Å². The molecule has 0 aromatic heterocycles. The van der Waals surface area contributed by atoms with Crippen LogP contribution in [0.4, 0.5) is 11.4 Å². The Morgan fingerprint density at radius 1 is 1.37 bits per heavy atom. The molecule has 1 aromatic rings. The van der Waals surface area contributed by atoms with Gasteiger partial charge in [-0.05, 0) is 11.6 Å². The highest BCUT2D eigenvalue weighted by molar-refractivity contribution is 5.55. The van der Waals surface area contributed by atoms with Gasteiger partial charge >= 0.3 is 0 Å². The predicted molar refractivity (Wildman–Crippen MR) is 69.1 cm³/mol. The summed E-state index contributed by atoms with van der Waals surface area (Å²) in [5.74, 6) is 0. The van der Waals surface area contributed by atoms with Crippen molar-refractivity contribution in [3.8, 4) is 12.1 Å². The molecule has 98 valence electrons. The Bertz CT molecular complexity index is 528. The van der Waals surface area contributed by atoms with Crippen molar-refractivity contribution in [3.05, 3.63) is 33.9 Å². The fraction of sp³-hybridized carbons (Fsp3) is 0.333. The molecule has 0 aliphatic rings. The molecule has 0 spiro atoms. The lowest BCUT2D eigenvalue weighted by Crippen LogP contribution is -2.24. The van der Waals surface area contributed by atoms with E-state index in [2.05, 4.69) is 5.32 Å². The van der Waals surface area contributed by atoms with E-state index in [0.717, 1.165) is 5.69 Å². The molecular formula is C12H13N5O2. The second kappa shape index (κ2) is 6.94. The van der Waals surface area contributed by atoms with E-state index in [1.54, 1.807) is 18.0 Å². The number of anilines is 1. The third-order valence-corrected chi connectivity index (χ3v) is 2.55. The normalized spacial score (nSPS) is 9.68. The summed E-state index contributed by atoms with van der Waals surface area (Å²) in [5, 5.41) is 31.1. The van der Waals surface area contributed by atoms with Gasteiger partial charge < -0.3 is 5.32 Å². The van der Waals surface area contributed by atoms with Crippen molar-refractivity contribution in [1.29, 1.82) is 10.5 Å². The SMILES string of the molecule is CNc1ccc([N+](=O)[O-])cc1CN(CC#N)CC#N. The Kier molecular flexibility index (Phi) is 5.27. The summed E-state index contributed by atoms with van der Waals surface area (Å²) in [5.41, 5.74) is 1.41. The van der Waals surface area contributed by atoms with Crippen LogP contribution in [0.2, 0.25) is 0 Å². The van der Waals surface area contributed by atoms with Crippen molar-refractivity contribution < 1.29 is 4.92 Å². The Balaban J connectivity index is 3.03. The van der Waals surface area contributed by atoms with Crippen LogP contribution in [-0.4, -0.2) is 30.0 Å². The first-order valence-electron chi connectivity index (χ1n) is 5.53. The number of nitro benzene ring substituents is 1. The molecule has 0 amide bonds. The molecule has 0 bridgehead atoms. The number of non-ortho nitro benzene ring substituents is 1. The summed E-state index contributed by atoms with van der Waals surface area (Å²) in [6, 6.07) is 8.41. The van der Waals surface area contributed by atoms with Crippen molar-refractivity contribution >= 4 is 11.4 Å². The van der Waals surface area contributed by atoms with Gasteiger partial charge in [0.1, 0.15) is 0 Å². The maximum absolute atomic E-state index is 10.8. The van der Waals surface area contributed by atoms with Crippen LogP contribution in [0.3, 0.4) is 0 Å². The number of rotatable bonds is 6. The molecule has 0 fully saturated rings. The molecule has 1 rings (SSSR count). The predicted octanol–water partition coefficient (Wildman–Crippen LogP) is 1.49. The average molecular weight is 259 g/mol. The Morgan fingerprint density at radius 3 is 2.47 bits per heavy atom. The highest BCUT2D eigenvalue weighted by Gasteiger charge is 2.13. The lowest BCUT2D eigenvalue weighted by Gasteiger charge is -2.17. The van der Waals surface area contributed by atoms with Crippen LogP contribution in [0, 0.1) is 32.8 Å². The minimum atomic E-state index is -0.470. The van der Waals surface area contributed by atoms with Crippen molar-refractivity contribution in [3.63, 3.8) is 0 Å². The van der Waals surface area contributed by atoms with Crippen LogP contribution in [0.15, 0.2) is 18.2 Å². The molecule has 7 heteroatoms. The van der Waals surface area contributed by atoms with E-state index in [1.807, 2.05) is 12.1 Å². The topological polar surface area (TPSA) is 106 Å². The summed E-state index contributed by atoms with van der Waals surface area (Å²) in [7, 11) is 1.71. The molecule has 0 aliphatic carbocycles. The third-order valence-electron chi connectivity index (χ3n) is 2.55. The summed E-state index contributed by atoms with van der Waals surface area (Å²) in [6.07, 6.45) is 0. The molecule has 0 saturated heterocycles. The van der Waals surface area contributed by atoms with Crippen LogP contribution in [0.1, 0.15) is 5.56 Å². The smallest absolute Gasteiger partial charge is 0.269 e. The van der Waals surface area contributed by atoms with Crippen LogP contribution in [0.25, 0.3) is 0 Å². The molecule has 0 aliphatic heterocycles. The van der Waals surface area contributed by atoms with Gasteiger partial charge in [-0.3, -0.25) is 15.0 Å². The van der Waals surface area contributed by atoms with E-state index in [9.17, 15) is 10.1 Å². The molecule has 1 aromatic carbocycles. The quantitative estimate of drug-likeness (QED) is 0.471. The minimum absolute atomic E-state index is 0.0112. The zero-order valence-corrected chi connectivity index (χ0v) is 10.5. The van der Waals surface area contributed by atoms with E-state index in [1.165, 1.54) is 12.1 Å². The van der Waals surface area contributed by atoms with Crippen molar-refractivity contribution in [2.24, 2.45) is 0 Å². The number of nitrogens with zero attached hydrogens (tertiary/aromatic N) is 4. The summed E-state index contributed by atoms with van der Waals surface area (Å²) in [6.45, 7) is 0.498. The Labute approximate surface area is 110 Å². The summed E-state index contributed by atoms with van der Waals surface area (Å²) < 4.78 is 0. The van der Waals surface area contributed by atoms with Crippen LogP contribution in [0.5, 0.6) is 0 Å². The van der Waals surface area contributed by atoms with Gasteiger partial charge in [-0.15, -0.1) is 0 Å². The fourth-order valence-electron chi connectivity index (χ4n) is 1.68. The van der Waals surface area contributed by atoms with Gasteiger partial charge in [-0.1, -0.05) is 0 Å². The fourth-order valence-corrected chi connectivity index (χ4v) is 1.68. The van der Waals surface area contributed by atoms with Crippen LogP contribution in [-0.2, 0) is 6.54 Å². The maximum Gasteiger partial charge on any atom is 0.269 e. The first-order valence-corrected chi connectivity index (χ1v) is 5.53. The molecule has 19 heavy (non-hydrogen) atoms. The van der Waals surface area contributed by atoms with E-state index >= 15 is 0 Å². The number of hydrogen-bond donors (Lipinski definition) is 1. The highest BCUT2D eigenvalue weighted by Crippen LogP contribution is 2.23. The number of nitro groups is 1. The lowest BCUT2D eigenvalue weighted by molar-refractivity contribution is -0.384. The van der Waals surface area contributed by atoms with Crippen LogP contribution >= 0.6 is 0 Å². The molecular weight excluding hydrogens is 246 g/mol. The number of nitrogens with one attached hydrogen (secondary N) is 1. The second-order valence-corrected chi connectivity index (χ2v) is 3.81. The third kappa shape index (κ3) is 3.95. The van der Waals surface area contributed by atoms with Crippen molar-refractivity contribution in [1.82, 2.24) is 4.90 Å². The number of nitriles is 2. The van der Waals surface area contributed by atoms with Gasteiger partial charge in [0.05, 0.1) is 30.2 Å². The summed E-state index contributed by atoms with van der Waals surface area (Å²) >= 11 is 0. The summed E-state index contributed by atoms with van der Waals surface area (Å²) in [4.78, 5) is 11.9. The van der Waals surface area contributed by atoms with Crippen molar-refractivity contribution in [2.45, 2.75) is 6.54 Å². The largest absolute Gasteiger partial charge is 0.388 e. The Morgan fingerprint density at radius 2 is 2.00 bits per heavy atom. The molecule has 0 atom stereocenters. The maximum atomic E-state index is 10.8. The van der Waals surface area contributed by atoms with Crippen molar-refractivity contribution in [2.75, 3.05) is 25.5 Å². The molecule has 0 radical (unpaired) electrons. The number of benzene rings is 1. The first-order chi connectivity index (χ1) is 9.12. The zero-order valence-electron chi connectivity index (χ0n) is 10.5. The zero-order chi connectivity index (χ0) is 14.3. The molecule has 7 nitrogen and oxygen atoms in total. The van der Waals surface area contributed by atoms with E-state index in [-0.39, 0.29) is 18.8 Å².